The van der Waals surface area contributed by atoms with E-state index in [0.29, 0.717) is 12.1 Å². The molecule has 0 aliphatic rings. The van der Waals surface area contributed by atoms with Crippen molar-refractivity contribution in [2.45, 2.75) is 41.5 Å². The fraction of sp³-hybridized carbons (Fsp3) is 0.300. The third kappa shape index (κ3) is 4.55. The molecule has 152 valence electrons. The molecular formula is C20H20F5NO2. The fourth-order valence-corrected chi connectivity index (χ4v) is 2.57. The van der Waals surface area contributed by atoms with E-state index in [1.807, 2.05) is 0 Å². The van der Waals surface area contributed by atoms with Crippen LogP contribution in [0.3, 0.4) is 0 Å². The van der Waals surface area contributed by atoms with Crippen molar-refractivity contribution < 1.29 is 26.9 Å². The minimum Gasteiger partial charge on any atom is -0.256 e. The highest BCUT2D eigenvalue weighted by Crippen LogP contribution is 2.27. The van der Waals surface area contributed by atoms with Crippen molar-refractivity contribution in [2.24, 2.45) is 0 Å². The van der Waals surface area contributed by atoms with Gasteiger partial charge in [0.05, 0.1) is 10.5 Å². The second-order valence-corrected chi connectivity index (χ2v) is 6.33. The van der Waals surface area contributed by atoms with Gasteiger partial charge in [0.1, 0.15) is 0 Å². The lowest BCUT2D eigenvalue weighted by atomic mass is 9.90. The zero-order valence-corrected chi connectivity index (χ0v) is 16.3. The second-order valence-electron chi connectivity index (χ2n) is 6.33. The van der Waals surface area contributed by atoms with Crippen molar-refractivity contribution in [1.29, 1.82) is 0 Å². The molecule has 2 rings (SSSR count). The highest BCUT2D eigenvalue weighted by Gasteiger charge is 2.25. The first kappa shape index (κ1) is 23.3. The predicted octanol–water partition coefficient (Wildman–Crippen LogP) is 6.48. The highest BCUT2D eigenvalue weighted by atomic mass is 19.2. The summed E-state index contributed by atoms with van der Waals surface area (Å²) in [6.07, 6.45) is 0. The summed E-state index contributed by atoms with van der Waals surface area (Å²) in [5, 5.41) is 9.82. The van der Waals surface area contributed by atoms with Crippen LogP contribution < -0.4 is 0 Å². The first-order valence-electron chi connectivity index (χ1n) is 8.19. The molecule has 0 aliphatic heterocycles. The predicted molar refractivity (Wildman–Crippen MR) is 97.3 cm³/mol. The molecule has 0 N–H and O–H groups in total. The van der Waals surface area contributed by atoms with E-state index in [2.05, 4.69) is 41.5 Å². The molecule has 2 aromatic carbocycles. The van der Waals surface area contributed by atoms with E-state index >= 15 is 0 Å². The monoisotopic (exact) mass is 401 g/mol. The molecule has 8 heteroatoms. The molecule has 0 heterocycles. The average Bonchev–Trinajstić information content (AvgIpc) is 2.67. The van der Waals surface area contributed by atoms with E-state index < -0.39 is 39.7 Å². The van der Waals surface area contributed by atoms with E-state index in [-0.39, 0.29) is 0 Å². The fourth-order valence-electron chi connectivity index (χ4n) is 2.57. The first-order valence-corrected chi connectivity index (χ1v) is 8.19. The van der Waals surface area contributed by atoms with Crippen LogP contribution in [0.15, 0.2) is 18.1 Å². The summed E-state index contributed by atoms with van der Waals surface area (Å²) in [7, 11) is 0. The van der Waals surface area contributed by atoms with Crippen LogP contribution >= 0.6 is 0 Å². The SMILES string of the molecule is Cc1c(C)c(C)c(C)c(C)c1C.O=[N+]([O-])C(F)=C(F)c1ccc(F)c(F)c1F. The van der Waals surface area contributed by atoms with Gasteiger partial charge in [-0.2, -0.15) is 4.39 Å². The van der Waals surface area contributed by atoms with Gasteiger partial charge >= 0.3 is 5.95 Å². The number of rotatable bonds is 2. The van der Waals surface area contributed by atoms with E-state index in [0.717, 1.165) is 0 Å². The lowest BCUT2D eigenvalue weighted by Gasteiger charge is -2.15. The van der Waals surface area contributed by atoms with Crippen molar-refractivity contribution in [3.63, 3.8) is 0 Å². The van der Waals surface area contributed by atoms with Gasteiger partial charge in [0.2, 0.25) is 5.83 Å². The summed E-state index contributed by atoms with van der Waals surface area (Å²) in [5.74, 6) is -10.4. The largest absolute Gasteiger partial charge is 0.456 e. The Labute approximate surface area is 159 Å². The van der Waals surface area contributed by atoms with Crippen LogP contribution in [-0.4, -0.2) is 4.92 Å². The summed E-state index contributed by atoms with van der Waals surface area (Å²) in [6, 6.07) is 0.673. The third-order valence-electron chi connectivity index (χ3n) is 4.99. The molecule has 0 radical (unpaired) electrons. The topological polar surface area (TPSA) is 43.1 Å². The number of nitrogens with zero attached hydrogens (tertiary/aromatic N) is 1. The van der Waals surface area contributed by atoms with Gasteiger partial charge in [-0.15, -0.1) is 4.39 Å². The lowest BCUT2D eigenvalue weighted by molar-refractivity contribution is -0.446. The zero-order valence-electron chi connectivity index (χ0n) is 16.3. The van der Waals surface area contributed by atoms with Gasteiger partial charge in [-0.05, 0) is 87.1 Å². The molecule has 0 bridgehead atoms. The standard InChI is InChI=1S/C12H18.C8H2F5NO2/c1-7-8(2)10(4)12(6)11(5)9(7)3;9-4-2-1-3(5(10)7(4)12)6(11)8(13)14(15)16/h1-6H3;1-2H. The average molecular weight is 401 g/mol. The van der Waals surface area contributed by atoms with E-state index in [4.69, 9.17) is 0 Å². The maximum Gasteiger partial charge on any atom is 0.456 e. The van der Waals surface area contributed by atoms with Crippen LogP contribution in [0.2, 0.25) is 0 Å². The lowest BCUT2D eigenvalue weighted by Crippen LogP contribution is -2.00. The molecule has 0 saturated carbocycles. The highest BCUT2D eigenvalue weighted by molar-refractivity contribution is 5.60. The Hall–Kier alpha value is -2.77. The van der Waals surface area contributed by atoms with Crippen LogP contribution in [0.25, 0.3) is 5.83 Å². The summed E-state index contributed by atoms with van der Waals surface area (Å²) in [6.45, 7) is 13.3. The number of halogens is 5. The molecule has 3 nitrogen and oxygen atoms in total. The molecule has 0 spiro atoms. The molecule has 0 aromatic heterocycles. The van der Waals surface area contributed by atoms with Gasteiger partial charge in [0.25, 0.3) is 0 Å². The van der Waals surface area contributed by atoms with Crippen molar-refractivity contribution >= 4 is 5.83 Å². The van der Waals surface area contributed by atoms with Gasteiger partial charge in [0, 0.05) is 0 Å². The smallest absolute Gasteiger partial charge is 0.256 e. The molecule has 0 fully saturated rings. The molecule has 2 aromatic rings. The summed E-state index contributed by atoms with van der Waals surface area (Å²) in [4.78, 5) is 8.07. The Morgan fingerprint density at radius 3 is 1.43 bits per heavy atom. The maximum absolute atomic E-state index is 12.9. The molecule has 0 unspecified atom stereocenters. The summed E-state index contributed by atoms with van der Waals surface area (Å²) in [5.41, 5.74) is 7.37. The Kier molecular flexibility index (Phi) is 7.43. The van der Waals surface area contributed by atoms with Crippen molar-refractivity contribution in [2.75, 3.05) is 0 Å². The number of benzene rings is 2. The van der Waals surface area contributed by atoms with Crippen LogP contribution in [-0.2, 0) is 0 Å². The zero-order chi connectivity index (χ0) is 21.9. The Bertz CT molecular complexity index is 863. The van der Waals surface area contributed by atoms with Crippen LogP contribution in [0.4, 0.5) is 22.0 Å². The molecule has 28 heavy (non-hydrogen) atoms. The van der Waals surface area contributed by atoms with Gasteiger partial charge in [0.15, 0.2) is 17.5 Å². The van der Waals surface area contributed by atoms with Crippen LogP contribution in [0.5, 0.6) is 0 Å². The van der Waals surface area contributed by atoms with E-state index in [9.17, 15) is 32.1 Å². The minimum absolute atomic E-state index is 0.320. The summed E-state index contributed by atoms with van der Waals surface area (Å²) >= 11 is 0. The Morgan fingerprint density at radius 1 is 0.750 bits per heavy atom. The minimum atomic E-state index is -2.48. The van der Waals surface area contributed by atoms with Crippen molar-refractivity contribution in [3.05, 3.63) is 84.6 Å². The van der Waals surface area contributed by atoms with Gasteiger partial charge < -0.3 is 0 Å². The maximum atomic E-state index is 12.9. The summed E-state index contributed by atoms with van der Waals surface area (Å²) < 4.78 is 63.2. The van der Waals surface area contributed by atoms with Gasteiger partial charge in [-0.3, -0.25) is 10.1 Å². The van der Waals surface area contributed by atoms with E-state index in [1.165, 1.54) is 33.4 Å². The van der Waals surface area contributed by atoms with Crippen molar-refractivity contribution in [1.82, 2.24) is 0 Å². The molecule has 0 aliphatic carbocycles. The number of hydrogen-bond acceptors (Lipinski definition) is 2. The van der Waals surface area contributed by atoms with Crippen molar-refractivity contribution in [3.8, 4) is 0 Å². The van der Waals surface area contributed by atoms with Gasteiger partial charge in [-0.25, -0.2) is 13.2 Å². The normalized spacial score (nSPS) is 11.5. The van der Waals surface area contributed by atoms with Crippen LogP contribution in [0.1, 0.15) is 38.9 Å². The first-order chi connectivity index (χ1) is 12.8. The molecule has 0 atom stereocenters. The Morgan fingerprint density at radius 2 is 1.11 bits per heavy atom. The second kappa shape index (κ2) is 8.95. The molecular weight excluding hydrogens is 381 g/mol. The van der Waals surface area contributed by atoms with Gasteiger partial charge in [-0.1, -0.05) is 0 Å². The molecule has 0 amide bonds. The number of nitro groups is 1. The Balaban J connectivity index is 0.000000292. The van der Waals surface area contributed by atoms with E-state index in [1.54, 1.807) is 0 Å². The third-order valence-corrected chi connectivity index (χ3v) is 4.99. The molecule has 0 saturated heterocycles. The quantitative estimate of drug-likeness (QED) is 0.190. The number of hydrogen-bond donors (Lipinski definition) is 0. The van der Waals surface area contributed by atoms with Crippen LogP contribution in [0, 0.1) is 69.1 Å².